The Hall–Kier alpha value is -0.900. The summed E-state index contributed by atoms with van der Waals surface area (Å²) < 4.78 is 0. The standard InChI is InChI=1S/C17H26N2O/c1-14(15-6-3-2-4-7-15)19-11-8-16(12-19)18-13-17(20)9-5-10-17/h2-4,6-7,14,16,18,20H,5,8-13H2,1H3. The molecule has 1 aliphatic carbocycles. The van der Waals surface area contributed by atoms with E-state index in [2.05, 4.69) is 47.5 Å². The normalized spacial score (nSPS) is 27.2. The van der Waals surface area contributed by atoms with Crippen molar-refractivity contribution in [1.29, 1.82) is 0 Å². The van der Waals surface area contributed by atoms with Gasteiger partial charge >= 0.3 is 0 Å². The van der Waals surface area contributed by atoms with E-state index in [1.165, 1.54) is 18.4 Å². The molecule has 0 aromatic heterocycles. The fourth-order valence-corrected chi connectivity index (χ4v) is 3.34. The largest absolute Gasteiger partial charge is 0.389 e. The van der Waals surface area contributed by atoms with Crippen LogP contribution < -0.4 is 5.32 Å². The van der Waals surface area contributed by atoms with Crippen LogP contribution >= 0.6 is 0 Å². The molecule has 2 aliphatic rings. The molecule has 1 aromatic carbocycles. The molecule has 1 heterocycles. The second-order valence-electron chi connectivity index (χ2n) is 6.53. The van der Waals surface area contributed by atoms with Crippen LogP contribution in [0, 0.1) is 0 Å². The molecular formula is C17H26N2O. The van der Waals surface area contributed by atoms with Crippen molar-refractivity contribution in [2.45, 2.75) is 50.3 Å². The molecule has 2 fully saturated rings. The van der Waals surface area contributed by atoms with Crippen molar-refractivity contribution in [3.63, 3.8) is 0 Å². The molecule has 1 saturated carbocycles. The van der Waals surface area contributed by atoms with Crippen molar-refractivity contribution in [3.8, 4) is 0 Å². The lowest BCUT2D eigenvalue weighted by molar-refractivity contribution is -0.0330. The van der Waals surface area contributed by atoms with Crippen molar-refractivity contribution >= 4 is 0 Å². The van der Waals surface area contributed by atoms with Crippen LogP contribution in [0.25, 0.3) is 0 Å². The minimum Gasteiger partial charge on any atom is -0.389 e. The van der Waals surface area contributed by atoms with Crippen molar-refractivity contribution < 1.29 is 5.11 Å². The van der Waals surface area contributed by atoms with Gasteiger partial charge in [0.05, 0.1) is 5.60 Å². The summed E-state index contributed by atoms with van der Waals surface area (Å²) in [6.07, 6.45) is 4.31. The second kappa shape index (κ2) is 5.84. The van der Waals surface area contributed by atoms with Gasteiger partial charge in [-0.1, -0.05) is 30.3 Å². The zero-order valence-corrected chi connectivity index (χ0v) is 12.4. The van der Waals surface area contributed by atoms with E-state index in [1.54, 1.807) is 0 Å². The maximum Gasteiger partial charge on any atom is 0.0771 e. The summed E-state index contributed by atoms with van der Waals surface area (Å²) in [5, 5.41) is 13.7. The summed E-state index contributed by atoms with van der Waals surface area (Å²) in [5.41, 5.74) is 0.990. The third-order valence-electron chi connectivity index (χ3n) is 5.05. The summed E-state index contributed by atoms with van der Waals surface area (Å²) in [4.78, 5) is 2.54. The third kappa shape index (κ3) is 3.05. The molecule has 2 N–H and O–H groups in total. The Balaban J connectivity index is 1.49. The molecule has 3 heteroatoms. The minimum absolute atomic E-state index is 0.404. The zero-order valence-electron chi connectivity index (χ0n) is 12.4. The highest BCUT2D eigenvalue weighted by atomic mass is 16.3. The van der Waals surface area contributed by atoms with Crippen LogP contribution in [0.2, 0.25) is 0 Å². The monoisotopic (exact) mass is 274 g/mol. The first-order chi connectivity index (χ1) is 9.66. The van der Waals surface area contributed by atoms with Gasteiger partial charge in [0.25, 0.3) is 0 Å². The Labute approximate surface area is 122 Å². The number of aliphatic hydroxyl groups is 1. The van der Waals surface area contributed by atoms with Gasteiger partial charge in [0.2, 0.25) is 0 Å². The van der Waals surface area contributed by atoms with Gasteiger partial charge in [0.1, 0.15) is 0 Å². The number of likely N-dealkylation sites (tertiary alicyclic amines) is 1. The van der Waals surface area contributed by atoms with E-state index in [0.717, 1.165) is 32.5 Å². The van der Waals surface area contributed by atoms with Gasteiger partial charge in [-0.15, -0.1) is 0 Å². The van der Waals surface area contributed by atoms with Crippen LogP contribution in [-0.2, 0) is 0 Å². The van der Waals surface area contributed by atoms with Crippen molar-refractivity contribution in [1.82, 2.24) is 10.2 Å². The predicted molar refractivity (Wildman–Crippen MR) is 81.6 cm³/mol. The highest BCUT2D eigenvalue weighted by molar-refractivity contribution is 5.18. The second-order valence-corrected chi connectivity index (χ2v) is 6.53. The van der Waals surface area contributed by atoms with Crippen LogP contribution in [0.5, 0.6) is 0 Å². The van der Waals surface area contributed by atoms with Gasteiger partial charge in [-0.3, -0.25) is 4.90 Å². The smallest absolute Gasteiger partial charge is 0.0771 e. The number of hydrogen-bond donors (Lipinski definition) is 2. The number of nitrogens with one attached hydrogen (secondary N) is 1. The van der Waals surface area contributed by atoms with Crippen LogP contribution in [-0.4, -0.2) is 41.3 Å². The summed E-state index contributed by atoms with van der Waals surface area (Å²) >= 11 is 0. The summed E-state index contributed by atoms with van der Waals surface area (Å²) in [6, 6.07) is 11.7. The zero-order chi connectivity index (χ0) is 14.0. The lowest BCUT2D eigenvalue weighted by Crippen LogP contribution is -2.49. The topological polar surface area (TPSA) is 35.5 Å². The third-order valence-corrected chi connectivity index (χ3v) is 5.05. The van der Waals surface area contributed by atoms with E-state index in [-0.39, 0.29) is 0 Å². The molecule has 0 spiro atoms. The van der Waals surface area contributed by atoms with E-state index >= 15 is 0 Å². The molecule has 3 nitrogen and oxygen atoms in total. The Morgan fingerprint density at radius 1 is 1.35 bits per heavy atom. The van der Waals surface area contributed by atoms with Gasteiger partial charge in [-0.05, 0) is 38.2 Å². The number of nitrogens with zero attached hydrogens (tertiary/aromatic N) is 1. The van der Waals surface area contributed by atoms with Crippen LogP contribution in [0.4, 0.5) is 0 Å². The van der Waals surface area contributed by atoms with E-state index in [1.807, 2.05) is 0 Å². The van der Waals surface area contributed by atoms with Gasteiger partial charge in [0.15, 0.2) is 0 Å². The van der Waals surface area contributed by atoms with Gasteiger partial charge in [-0.25, -0.2) is 0 Å². The number of benzene rings is 1. The Bertz CT molecular complexity index is 430. The molecule has 110 valence electrons. The average molecular weight is 274 g/mol. The molecule has 2 atom stereocenters. The molecule has 0 bridgehead atoms. The van der Waals surface area contributed by atoms with Crippen LogP contribution in [0.3, 0.4) is 0 Å². The first-order valence-electron chi connectivity index (χ1n) is 7.91. The van der Waals surface area contributed by atoms with Gasteiger partial charge in [-0.2, -0.15) is 0 Å². The summed E-state index contributed by atoms with van der Waals surface area (Å²) in [7, 11) is 0. The molecule has 1 saturated heterocycles. The van der Waals surface area contributed by atoms with Crippen molar-refractivity contribution in [3.05, 3.63) is 35.9 Å². The molecular weight excluding hydrogens is 248 g/mol. The van der Waals surface area contributed by atoms with Crippen LogP contribution in [0.1, 0.15) is 44.2 Å². The highest BCUT2D eigenvalue weighted by Crippen LogP contribution is 2.31. The van der Waals surface area contributed by atoms with Gasteiger partial charge in [0, 0.05) is 31.7 Å². The fourth-order valence-electron chi connectivity index (χ4n) is 3.34. The quantitative estimate of drug-likeness (QED) is 0.865. The highest BCUT2D eigenvalue weighted by Gasteiger charge is 2.35. The average Bonchev–Trinajstić information content (AvgIpc) is 2.92. The number of rotatable bonds is 5. The van der Waals surface area contributed by atoms with E-state index in [4.69, 9.17) is 0 Å². The number of hydrogen-bond acceptors (Lipinski definition) is 3. The molecule has 0 amide bonds. The fraction of sp³-hybridized carbons (Fsp3) is 0.647. The Morgan fingerprint density at radius 3 is 2.75 bits per heavy atom. The first-order valence-corrected chi connectivity index (χ1v) is 7.91. The van der Waals surface area contributed by atoms with Crippen molar-refractivity contribution in [2.75, 3.05) is 19.6 Å². The molecule has 3 rings (SSSR count). The molecule has 20 heavy (non-hydrogen) atoms. The molecule has 0 radical (unpaired) electrons. The van der Waals surface area contributed by atoms with Gasteiger partial charge < -0.3 is 10.4 Å². The SMILES string of the molecule is CC(c1ccccc1)N1CCC(NCC2(O)CCC2)C1. The van der Waals surface area contributed by atoms with Crippen molar-refractivity contribution in [2.24, 2.45) is 0 Å². The summed E-state index contributed by atoms with van der Waals surface area (Å²) in [5.74, 6) is 0. The Morgan fingerprint density at radius 2 is 2.10 bits per heavy atom. The van der Waals surface area contributed by atoms with E-state index in [9.17, 15) is 5.11 Å². The predicted octanol–water partition coefficient (Wildman–Crippen LogP) is 2.33. The summed E-state index contributed by atoms with van der Waals surface area (Å²) in [6.45, 7) is 5.29. The first kappa shape index (κ1) is 14.1. The maximum atomic E-state index is 10.1. The minimum atomic E-state index is -0.404. The lowest BCUT2D eigenvalue weighted by Gasteiger charge is -2.37. The molecule has 2 unspecified atom stereocenters. The Kier molecular flexibility index (Phi) is 4.11. The lowest BCUT2D eigenvalue weighted by atomic mass is 9.80. The van der Waals surface area contributed by atoms with Crippen LogP contribution in [0.15, 0.2) is 30.3 Å². The molecule has 1 aromatic rings. The van der Waals surface area contributed by atoms with E-state index in [0.29, 0.717) is 12.1 Å². The van der Waals surface area contributed by atoms with E-state index < -0.39 is 5.60 Å². The molecule has 1 aliphatic heterocycles. The maximum absolute atomic E-state index is 10.1.